The highest BCUT2D eigenvalue weighted by Crippen LogP contribution is 2.19. The number of anilines is 1. The van der Waals surface area contributed by atoms with E-state index in [0.29, 0.717) is 17.3 Å². The summed E-state index contributed by atoms with van der Waals surface area (Å²) in [5, 5.41) is 0. The Morgan fingerprint density at radius 1 is 1.24 bits per heavy atom. The second kappa shape index (κ2) is 4.42. The Morgan fingerprint density at radius 3 is 2.59 bits per heavy atom. The van der Waals surface area contributed by atoms with Crippen molar-refractivity contribution in [2.45, 2.75) is 13.8 Å². The van der Waals surface area contributed by atoms with E-state index in [4.69, 9.17) is 5.84 Å². The van der Waals surface area contributed by atoms with Crippen molar-refractivity contribution in [3.05, 3.63) is 35.4 Å². The predicted octanol–water partition coefficient (Wildman–Crippen LogP) is 1.58. The summed E-state index contributed by atoms with van der Waals surface area (Å²) < 4.78 is 12.8. The van der Waals surface area contributed by atoms with E-state index in [-0.39, 0.29) is 0 Å². The van der Waals surface area contributed by atoms with Gasteiger partial charge in [-0.25, -0.2) is 25.2 Å². The normalized spacial score (nSPS) is 10.4. The SMILES string of the molecule is Cc1nc(-c2ccc(F)cn2)nc(NN)c1C. The molecule has 2 heterocycles. The van der Waals surface area contributed by atoms with E-state index in [1.807, 2.05) is 13.8 Å². The standard InChI is InChI=1S/C11H12FN5/c1-6-7(2)15-11(16-10(6)17-13)9-4-3-8(12)5-14-9/h3-5H,13H2,1-2H3,(H,15,16,17). The van der Waals surface area contributed by atoms with E-state index in [1.54, 1.807) is 0 Å². The van der Waals surface area contributed by atoms with Crippen LogP contribution in [0.2, 0.25) is 0 Å². The van der Waals surface area contributed by atoms with Crippen molar-refractivity contribution in [2.24, 2.45) is 5.84 Å². The minimum absolute atomic E-state index is 0.394. The molecule has 0 fully saturated rings. The number of nitrogens with two attached hydrogens (primary N) is 1. The van der Waals surface area contributed by atoms with Crippen molar-refractivity contribution in [2.75, 3.05) is 5.43 Å². The zero-order valence-corrected chi connectivity index (χ0v) is 9.53. The van der Waals surface area contributed by atoms with Gasteiger partial charge in [-0.15, -0.1) is 0 Å². The van der Waals surface area contributed by atoms with Crippen LogP contribution in [-0.4, -0.2) is 15.0 Å². The first-order chi connectivity index (χ1) is 8.11. The fourth-order valence-corrected chi connectivity index (χ4v) is 1.39. The number of nitrogens with one attached hydrogen (secondary N) is 1. The fraction of sp³-hybridized carbons (Fsp3) is 0.182. The number of hydrazine groups is 1. The molecular weight excluding hydrogens is 221 g/mol. The molecule has 2 rings (SSSR count). The molecule has 17 heavy (non-hydrogen) atoms. The minimum Gasteiger partial charge on any atom is -0.308 e. The maximum Gasteiger partial charge on any atom is 0.180 e. The molecule has 0 saturated heterocycles. The molecule has 0 aliphatic carbocycles. The van der Waals surface area contributed by atoms with Crippen LogP contribution in [0.5, 0.6) is 0 Å². The van der Waals surface area contributed by atoms with E-state index in [2.05, 4.69) is 20.4 Å². The average molecular weight is 233 g/mol. The first-order valence-electron chi connectivity index (χ1n) is 5.05. The monoisotopic (exact) mass is 233 g/mol. The molecule has 0 bridgehead atoms. The van der Waals surface area contributed by atoms with Crippen LogP contribution >= 0.6 is 0 Å². The van der Waals surface area contributed by atoms with Crippen LogP contribution in [0, 0.1) is 19.7 Å². The minimum atomic E-state index is -0.394. The van der Waals surface area contributed by atoms with Crippen molar-refractivity contribution < 1.29 is 4.39 Å². The Morgan fingerprint density at radius 2 is 2.00 bits per heavy atom. The van der Waals surface area contributed by atoms with Crippen molar-refractivity contribution in [3.8, 4) is 11.5 Å². The van der Waals surface area contributed by atoms with Crippen LogP contribution in [0.4, 0.5) is 10.2 Å². The lowest BCUT2D eigenvalue weighted by Gasteiger charge is -2.08. The molecule has 3 N–H and O–H groups in total. The van der Waals surface area contributed by atoms with Gasteiger partial charge < -0.3 is 5.43 Å². The number of hydrogen-bond acceptors (Lipinski definition) is 5. The molecule has 2 aromatic heterocycles. The molecular formula is C11H12FN5. The van der Waals surface area contributed by atoms with Gasteiger partial charge in [-0.3, -0.25) is 0 Å². The van der Waals surface area contributed by atoms with Gasteiger partial charge in [0.05, 0.1) is 6.20 Å². The van der Waals surface area contributed by atoms with Gasteiger partial charge in [-0.05, 0) is 26.0 Å². The van der Waals surface area contributed by atoms with Crippen LogP contribution in [0.1, 0.15) is 11.3 Å². The van der Waals surface area contributed by atoms with Gasteiger partial charge in [0.25, 0.3) is 0 Å². The Labute approximate surface area is 97.9 Å². The topological polar surface area (TPSA) is 76.7 Å². The van der Waals surface area contributed by atoms with Crippen molar-refractivity contribution in [1.82, 2.24) is 15.0 Å². The summed E-state index contributed by atoms with van der Waals surface area (Å²) in [5.41, 5.74) is 4.68. The molecule has 0 atom stereocenters. The molecule has 0 aromatic carbocycles. The van der Waals surface area contributed by atoms with Gasteiger partial charge in [0, 0.05) is 11.3 Å². The van der Waals surface area contributed by atoms with Crippen LogP contribution < -0.4 is 11.3 Å². The molecule has 0 radical (unpaired) electrons. The summed E-state index contributed by atoms with van der Waals surface area (Å²) >= 11 is 0. The molecule has 0 aliphatic heterocycles. The van der Waals surface area contributed by atoms with Crippen LogP contribution in [0.25, 0.3) is 11.5 Å². The molecule has 0 saturated carbocycles. The lowest BCUT2D eigenvalue weighted by atomic mass is 10.2. The Bertz CT molecular complexity index is 538. The molecule has 0 spiro atoms. The number of aryl methyl sites for hydroxylation is 1. The predicted molar refractivity (Wildman–Crippen MR) is 62.5 cm³/mol. The highest BCUT2D eigenvalue weighted by atomic mass is 19.1. The third-order valence-electron chi connectivity index (χ3n) is 2.48. The summed E-state index contributed by atoms with van der Waals surface area (Å²) in [4.78, 5) is 12.4. The highest BCUT2D eigenvalue weighted by Gasteiger charge is 2.09. The quantitative estimate of drug-likeness (QED) is 0.608. The maximum absolute atomic E-state index is 12.8. The third kappa shape index (κ3) is 2.21. The smallest absolute Gasteiger partial charge is 0.180 e. The zero-order chi connectivity index (χ0) is 12.4. The number of pyridine rings is 1. The van der Waals surface area contributed by atoms with Crippen molar-refractivity contribution >= 4 is 5.82 Å². The van der Waals surface area contributed by atoms with Gasteiger partial charge in [0.2, 0.25) is 0 Å². The highest BCUT2D eigenvalue weighted by molar-refractivity contribution is 5.55. The second-order valence-electron chi connectivity index (χ2n) is 3.61. The van der Waals surface area contributed by atoms with Gasteiger partial charge in [-0.2, -0.15) is 0 Å². The Balaban J connectivity index is 2.52. The molecule has 2 aromatic rings. The summed E-state index contributed by atoms with van der Waals surface area (Å²) in [6, 6.07) is 2.84. The largest absolute Gasteiger partial charge is 0.308 e. The van der Waals surface area contributed by atoms with Gasteiger partial charge in [0.15, 0.2) is 5.82 Å². The molecule has 5 nitrogen and oxygen atoms in total. The third-order valence-corrected chi connectivity index (χ3v) is 2.48. The van der Waals surface area contributed by atoms with Crippen LogP contribution in [0.15, 0.2) is 18.3 Å². The lowest BCUT2D eigenvalue weighted by molar-refractivity contribution is 0.621. The summed E-state index contributed by atoms with van der Waals surface area (Å²) in [7, 11) is 0. The summed E-state index contributed by atoms with van der Waals surface area (Å²) in [6.07, 6.45) is 1.13. The number of halogens is 1. The van der Waals surface area contributed by atoms with Crippen molar-refractivity contribution in [1.29, 1.82) is 0 Å². The molecule has 0 amide bonds. The average Bonchev–Trinajstić information content (AvgIpc) is 2.33. The number of nitrogen functional groups attached to an aromatic ring is 1. The fourth-order valence-electron chi connectivity index (χ4n) is 1.39. The number of aromatic nitrogens is 3. The molecule has 88 valence electrons. The number of nitrogens with zero attached hydrogens (tertiary/aromatic N) is 3. The van der Waals surface area contributed by atoms with Gasteiger partial charge in [-0.1, -0.05) is 0 Å². The van der Waals surface area contributed by atoms with E-state index in [9.17, 15) is 4.39 Å². The number of rotatable bonds is 2. The second-order valence-corrected chi connectivity index (χ2v) is 3.61. The Hall–Kier alpha value is -2.08. The van der Waals surface area contributed by atoms with E-state index in [0.717, 1.165) is 17.5 Å². The van der Waals surface area contributed by atoms with Crippen LogP contribution in [-0.2, 0) is 0 Å². The molecule has 0 unspecified atom stereocenters. The summed E-state index contributed by atoms with van der Waals surface area (Å²) in [6.45, 7) is 3.72. The van der Waals surface area contributed by atoms with E-state index < -0.39 is 5.82 Å². The van der Waals surface area contributed by atoms with E-state index >= 15 is 0 Å². The molecule has 0 aliphatic rings. The van der Waals surface area contributed by atoms with Crippen LogP contribution in [0.3, 0.4) is 0 Å². The van der Waals surface area contributed by atoms with Gasteiger partial charge >= 0.3 is 0 Å². The lowest BCUT2D eigenvalue weighted by Crippen LogP contribution is -2.12. The molecule has 6 heteroatoms. The maximum atomic E-state index is 12.8. The van der Waals surface area contributed by atoms with Gasteiger partial charge in [0.1, 0.15) is 17.3 Å². The van der Waals surface area contributed by atoms with Crippen molar-refractivity contribution in [3.63, 3.8) is 0 Å². The Kier molecular flexibility index (Phi) is 2.97. The van der Waals surface area contributed by atoms with E-state index in [1.165, 1.54) is 12.1 Å². The summed E-state index contributed by atoms with van der Waals surface area (Å²) in [5.74, 6) is 5.93. The zero-order valence-electron chi connectivity index (χ0n) is 9.53. The number of hydrogen-bond donors (Lipinski definition) is 2. The first-order valence-corrected chi connectivity index (χ1v) is 5.05. The first kappa shape index (κ1) is 11.4.